The average molecular weight is 268 g/mol. The maximum atomic E-state index is 8.82. The molecule has 0 amide bonds. The monoisotopic (exact) mass is 268 g/mol. The van der Waals surface area contributed by atoms with Crippen LogP contribution in [-0.4, -0.2) is 15.1 Å². The van der Waals surface area contributed by atoms with Gasteiger partial charge in [-0.25, -0.2) is 4.98 Å². The van der Waals surface area contributed by atoms with E-state index in [1.807, 2.05) is 29.6 Å². The fourth-order valence-electron chi connectivity index (χ4n) is 1.73. The zero-order valence-corrected chi connectivity index (χ0v) is 10.6. The first-order valence-corrected chi connectivity index (χ1v) is 6.50. The summed E-state index contributed by atoms with van der Waals surface area (Å²) < 4.78 is 5.26. The number of nitriles is 1. The third-order valence-corrected chi connectivity index (χ3v) is 3.19. The molecule has 0 aliphatic carbocycles. The van der Waals surface area contributed by atoms with Crippen molar-refractivity contribution in [3.8, 4) is 29.0 Å². The summed E-state index contributed by atoms with van der Waals surface area (Å²) in [4.78, 5) is 8.46. The van der Waals surface area contributed by atoms with Crippen molar-refractivity contribution in [2.24, 2.45) is 0 Å². The maximum Gasteiger partial charge on any atom is 0.258 e. The van der Waals surface area contributed by atoms with Crippen molar-refractivity contribution < 1.29 is 4.52 Å². The molecule has 2 aromatic heterocycles. The van der Waals surface area contributed by atoms with Crippen LogP contribution in [0.5, 0.6) is 0 Å². The van der Waals surface area contributed by atoms with E-state index in [1.165, 1.54) is 11.3 Å². The predicted octanol–water partition coefficient (Wildman–Crippen LogP) is 2.93. The minimum Gasteiger partial charge on any atom is -0.334 e. The molecule has 3 aromatic rings. The predicted molar refractivity (Wildman–Crippen MR) is 70.2 cm³/mol. The molecule has 0 saturated carbocycles. The molecule has 0 spiro atoms. The van der Waals surface area contributed by atoms with Crippen molar-refractivity contribution in [1.29, 1.82) is 5.26 Å². The van der Waals surface area contributed by atoms with E-state index in [4.69, 9.17) is 9.78 Å². The molecule has 2 heterocycles. The molecule has 0 saturated heterocycles. The molecular formula is C13H8N4OS. The normalized spacial score (nSPS) is 10.3. The van der Waals surface area contributed by atoms with Crippen LogP contribution in [0.2, 0.25) is 0 Å². The molecule has 19 heavy (non-hydrogen) atoms. The molecule has 0 N–H and O–H groups in total. The lowest BCUT2D eigenvalue weighted by molar-refractivity contribution is 0.432. The van der Waals surface area contributed by atoms with Crippen LogP contribution in [0.4, 0.5) is 0 Å². The Labute approximate surface area is 113 Å². The molecule has 1 aromatic carbocycles. The van der Waals surface area contributed by atoms with Crippen LogP contribution in [0, 0.1) is 11.3 Å². The summed E-state index contributed by atoms with van der Waals surface area (Å²) in [6.45, 7) is 0. The number of rotatable bonds is 3. The Kier molecular flexibility index (Phi) is 3.04. The fraction of sp³-hybridized carbons (Fsp3) is 0.0769. The highest BCUT2D eigenvalue weighted by molar-refractivity contribution is 7.07. The van der Waals surface area contributed by atoms with E-state index < -0.39 is 0 Å². The van der Waals surface area contributed by atoms with E-state index in [0.29, 0.717) is 23.8 Å². The number of aromatic nitrogens is 3. The minimum absolute atomic E-state index is 0.310. The molecular weight excluding hydrogens is 260 g/mol. The summed E-state index contributed by atoms with van der Waals surface area (Å²) in [5, 5.41) is 14.6. The summed E-state index contributed by atoms with van der Waals surface area (Å²) >= 11 is 1.47. The Morgan fingerprint density at radius 3 is 3.00 bits per heavy atom. The van der Waals surface area contributed by atoms with Gasteiger partial charge in [-0.15, -0.1) is 11.3 Å². The molecule has 0 radical (unpaired) electrons. The number of thiazole rings is 1. The molecule has 6 heteroatoms. The summed E-state index contributed by atoms with van der Waals surface area (Å²) in [6.07, 6.45) is 0.310. The van der Waals surface area contributed by atoms with E-state index >= 15 is 0 Å². The van der Waals surface area contributed by atoms with Crippen LogP contribution in [0.25, 0.3) is 23.0 Å². The molecule has 0 aliphatic heterocycles. The van der Waals surface area contributed by atoms with E-state index in [1.54, 1.807) is 5.51 Å². The molecule has 92 valence electrons. The average Bonchev–Trinajstić information content (AvgIpc) is 3.11. The highest BCUT2D eigenvalue weighted by Gasteiger charge is 2.14. The standard InChI is InChI=1S/C13H8N4OS/c14-6-5-9-3-1-2-4-10(9)13-16-12(17-18-13)11-7-19-8-15-11/h1-4,7-8H,5H2. The Bertz CT molecular complexity index is 727. The van der Waals surface area contributed by atoms with Gasteiger partial charge >= 0.3 is 0 Å². The van der Waals surface area contributed by atoms with Crippen LogP contribution < -0.4 is 0 Å². The zero-order chi connectivity index (χ0) is 13.1. The van der Waals surface area contributed by atoms with E-state index in [2.05, 4.69) is 21.2 Å². The van der Waals surface area contributed by atoms with Gasteiger partial charge in [0.25, 0.3) is 5.89 Å². The maximum absolute atomic E-state index is 8.82. The van der Waals surface area contributed by atoms with Crippen molar-refractivity contribution in [2.45, 2.75) is 6.42 Å². The Hall–Kier alpha value is -2.52. The fourth-order valence-corrected chi connectivity index (χ4v) is 2.26. The summed E-state index contributed by atoms with van der Waals surface area (Å²) in [6, 6.07) is 9.64. The van der Waals surface area contributed by atoms with Crippen LogP contribution in [0.3, 0.4) is 0 Å². The van der Waals surface area contributed by atoms with E-state index in [9.17, 15) is 0 Å². The first-order chi connectivity index (χ1) is 9.38. The lowest BCUT2D eigenvalue weighted by Gasteiger charge is -2.00. The van der Waals surface area contributed by atoms with Crippen molar-refractivity contribution in [3.05, 3.63) is 40.7 Å². The molecule has 0 fully saturated rings. The summed E-state index contributed by atoms with van der Waals surface area (Å²) in [5.74, 6) is 0.872. The number of nitrogens with zero attached hydrogens (tertiary/aromatic N) is 4. The number of benzene rings is 1. The van der Waals surface area contributed by atoms with Crippen molar-refractivity contribution >= 4 is 11.3 Å². The minimum atomic E-state index is 0.310. The highest BCUT2D eigenvalue weighted by atomic mass is 32.1. The van der Waals surface area contributed by atoms with Crippen molar-refractivity contribution in [1.82, 2.24) is 15.1 Å². The summed E-state index contributed by atoms with van der Waals surface area (Å²) in [5.41, 5.74) is 4.07. The largest absolute Gasteiger partial charge is 0.334 e. The lowest BCUT2D eigenvalue weighted by atomic mass is 10.1. The second kappa shape index (κ2) is 5.00. The van der Waals surface area contributed by atoms with Gasteiger partial charge in [-0.05, 0) is 11.6 Å². The van der Waals surface area contributed by atoms with Gasteiger partial charge in [-0.3, -0.25) is 0 Å². The SMILES string of the molecule is N#CCc1ccccc1-c1nc(-c2cscn2)no1. The van der Waals surface area contributed by atoms with E-state index in [0.717, 1.165) is 11.1 Å². The van der Waals surface area contributed by atoms with Crippen LogP contribution in [0.15, 0.2) is 39.7 Å². The Balaban J connectivity index is 2.02. The smallest absolute Gasteiger partial charge is 0.258 e. The molecule has 0 unspecified atom stereocenters. The van der Waals surface area contributed by atoms with Crippen molar-refractivity contribution in [2.75, 3.05) is 0 Å². The highest BCUT2D eigenvalue weighted by Crippen LogP contribution is 2.25. The van der Waals surface area contributed by atoms with Gasteiger partial charge in [0.15, 0.2) is 0 Å². The van der Waals surface area contributed by atoms with Gasteiger partial charge in [0.1, 0.15) is 5.69 Å². The second-order valence-electron chi connectivity index (χ2n) is 3.79. The first-order valence-electron chi connectivity index (χ1n) is 5.56. The first kappa shape index (κ1) is 11.6. The quantitative estimate of drug-likeness (QED) is 0.730. The molecule has 5 nitrogen and oxygen atoms in total. The molecule has 0 aliphatic rings. The van der Waals surface area contributed by atoms with Crippen molar-refractivity contribution in [3.63, 3.8) is 0 Å². The van der Waals surface area contributed by atoms with Gasteiger partial charge in [-0.1, -0.05) is 23.4 Å². The molecule has 3 rings (SSSR count). The van der Waals surface area contributed by atoms with Crippen LogP contribution in [-0.2, 0) is 6.42 Å². The molecule has 0 bridgehead atoms. The van der Waals surface area contributed by atoms with E-state index in [-0.39, 0.29) is 0 Å². The number of hydrogen-bond donors (Lipinski definition) is 0. The Morgan fingerprint density at radius 1 is 1.32 bits per heavy atom. The lowest BCUT2D eigenvalue weighted by Crippen LogP contribution is -1.88. The summed E-state index contributed by atoms with van der Waals surface area (Å²) in [7, 11) is 0. The topological polar surface area (TPSA) is 75.6 Å². The van der Waals surface area contributed by atoms with Gasteiger partial charge in [0.2, 0.25) is 5.82 Å². The third-order valence-electron chi connectivity index (χ3n) is 2.60. The third kappa shape index (κ3) is 2.23. The molecule has 0 atom stereocenters. The Morgan fingerprint density at radius 2 is 2.21 bits per heavy atom. The van der Waals surface area contributed by atoms with Gasteiger partial charge in [0, 0.05) is 10.9 Å². The zero-order valence-electron chi connectivity index (χ0n) is 9.78. The number of hydrogen-bond acceptors (Lipinski definition) is 6. The van der Waals surface area contributed by atoms with Crippen LogP contribution in [0.1, 0.15) is 5.56 Å². The van der Waals surface area contributed by atoms with Gasteiger partial charge in [0.05, 0.1) is 18.0 Å². The second-order valence-corrected chi connectivity index (χ2v) is 4.51. The van der Waals surface area contributed by atoms with Crippen LogP contribution >= 0.6 is 11.3 Å². The van der Waals surface area contributed by atoms with Gasteiger partial charge in [-0.2, -0.15) is 10.2 Å². The van der Waals surface area contributed by atoms with Gasteiger partial charge < -0.3 is 4.52 Å².